The minimum absolute atomic E-state index is 0.0388. The van der Waals surface area contributed by atoms with Crippen molar-refractivity contribution < 1.29 is 0 Å². The highest BCUT2D eigenvalue weighted by Gasteiger charge is 2.91. The lowest BCUT2D eigenvalue weighted by Gasteiger charge is -2.52. The van der Waals surface area contributed by atoms with Crippen LogP contribution in [-0.4, -0.2) is 28.2 Å². The molecule has 0 heterocycles. The fourth-order valence-electron chi connectivity index (χ4n) is 6.87. The van der Waals surface area contributed by atoms with Crippen LogP contribution in [0.5, 0.6) is 0 Å². The van der Waals surface area contributed by atoms with E-state index in [0.717, 1.165) is 15.6 Å². The van der Waals surface area contributed by atoms with Crippen LogP contribution < -0.4 is 0 Å². The molecule has 5 aliphatic rings. The minimum Gasteiger partial charge on any atom is -0.109 e. The average Bonchev–Trinajstić information content (AvgIpc) is 3.08. The molecular formula is C20H7BrCl12. The highest BCUT2D eigenvalue weighted by atomic mass is 79.9. The summed E-state index contributed by atoms with van der Waals surface area (Å²) in [7, 11) is 0. The molecule has 0 amide bonds. The normalized spacial score (nSPS) is 50.1. The first-order chi connectivity index (χ1) is 15.0. The van der Waals surface area contributed by atoms with Gasteiger partial charge in [0.1, 0.15) is 19.5 Å². The van der Waals surface area contributed by atoms with Crippen molar-refractivity contribution in [1.29, 1.82) is 0 Å². The van der Waals surface area contributed by atoms with Crippen molar-refractivity contribution >= 4 is 155 Å². The third-order valence-electron chi connectivity index (χ3n) is 8.09. The zero-order chi connectivity index (χ0) is 24.5. The van der Waals surface area contributed by atoms with Gasteiger partial charge in [-0.1, -0.05) is 115 Å². The molecule has 8 atom stereocenters. The van der Waals surface area contributed by atoms with Gasteiger partial charge in [-0.3, -0.25) is 0 Å². The van der Waals surface area contributed by atoms with E-state index < -0.39 is 51.8 Å². The summed E-state index contributed by atoms with van der Waals surface area (Å²) in [6.45, 7) is 0. The molecule has 2 saturated carbocycles. The van der Waals surface area contributed by atoms with E-state index in [0.29, 0.717) is 0 Å². The van der Waals surface area contributed by atoms with Gasteiger partial charge in [0.2, 0.25) is 0 Å². The molecule has 1 aromatic rings. The molecule has 0 spiro atoms. The Morgan fingerprint density at radius 3 is 1.33 bits per heavy atom. The quantitative estimate of drug-likeness (QED) is 0.232. The smallest absolute Gasteiger partial charge is 0.109 e. The number of fused-ring (bicyclic) bond motifs is 14. The molecule has 0 aliphatic heterocycles. The summed E-state index contributed by atoms with van der Waals surface area (Å²) in [6.07, 6.45) is 0. The van der Waals surface area contributed by atoms with Crippen LogP contribution in [-0.2, 0) is 0 Å². The van der Waals surface area contributed by atoms with Crippen molar-refractivity contribution in [3.05, 3.63) is 53.9 Å². The van der Waals surface area contributed by atoms with Gasteiger partial charge in [-0.05, 0) is 23.3 Å². The Kier molecular flexibility index (Phi) is 5.53. The van der Waals surface area contributed by atoms with Crippen LogP contribution in [0.1, 0.15) is 23.0 Å². The fraction of sp³-hybridized carbons (Fsp3) is 0.500. The lowest BCUT2D eigenvalue weighted by molar-refractivity contribution is 0.201. The van der Waals surface area contributed by atoms with E-state index in [1.54, 1.807) is 0 Å². The van der Waals surface area contributed by atoms with Gasteiger partial charge in [0.15, 0.2) is 8.67 Å². The van der Waals surface area contributed by atoms with Crippen molar-refractivity contribution in [2.24, 2.45) is 11.8 Å². The van der Waals surface area contributed by atoms with E-state index in [2.05, 4.69) is 15.9 Å². The maximum absolute atomic E-state index is 7.28. The van der Waals surface area contributed by atoms with E-state index >= 15 is 0 Å². The molecule has 0 unspecified atom stereocenters. The van der Waals surface area contributed by atoms with Gasteiger partial charge < -0.3 is 0 Å². The Morgan fingerprint density at radius 1 is 0.545 bits per heavy atom. The monoisotopic (exact) mass is 746 g/mol. The number of allylic oxidation sites excluding steroid dienone is 4. The summed E-state index contributed by atoms with van der Waals surface area (Å²) < 4.78 is -2.86. The van der Waals surface area contributed by atoms with Gasteiger partial charge in [0.05, 0.1) is 20.1 Å². The fourth-order valence-corrected chi connectivity index (χ4v) is 13.3. The second kappa shape index (κ2) is 7.04. The van der Waals surface area contributed by atoms with Crippen LogP contribution in [0.15, 0.2) is 42.8 Å². The SMILES string of the molecule is ClC1=C(Cl)[C@]2(Cl)[C@H]3[C@H]4[C@@H](c5cc(Br)ccc5[C@H]3[C@@]1(Cl)C2(Cl)Cl)[C@@]1(Cl)C(Cl)=C(Cl)[C@]4(Cl)C1(Cl)Cl. The predicted octanol–water partition coefficient (Wildman–Crippen LogP) is 10.6. The van der Waals surface area contributed by atoms with E-state index in [1.165, 1.54) is 0 Å². The first-order valence-corrected chi connectivity index (χ1v) is 14.8. The van der Waals surface area contributed by atoms with Crippen LogP contribution in [0, 0.1) is 11.8 Å². The first kappa shape index (κ1) is 25.9. The Balaban J connectivity index is 1.79. The zero-order valence-electron chi connectivity index (χ0n) is 15.5. The molecule has 0 saturated heterocycles. The molecular weight excluding hydrogens is 746 g/mol. The Hall–Kier alpha value is 2.66. The van der Waals surface area contributed by atoms with Crippen LogP contribution >= 0.6 is 155 Å². The largest absolute Gasteiger partial charge is 0.167 e. The van der Waals surface area contributed by atoms with Gasteiger partial charge in [-0.15, -0.1) is 46.4 Å². The lowest BCUT2D eigenvalue weighted by Crippen LogP contribution is -2.53. The minimum atomic E-state index is -1.82. The molecule has 5 aliphatic carbocycles. The number of rotatable bonds is 0. The third kappa shape index (κ3) is 2.27. The summed E-state index contributed by atoms with van der Waals surface area (Å²) in [5.74, 6) is -2.65. The summed E-state index contributed by atoms with van der Waals surface area (Å²) in [5.41, 5.74) is 1.53. The van der Waals surface area contributed by atoms with Gasteiger partial charge >= 0.3 is 0 Å². The van der Waals surface area contributed by atoms with Crippen molar-refractivity contribution in [1.82, 2.24) is 0 Å². The van der Waals surface area contributed by atoms with Crippen LogP contribution in [0.4, 0.5) is 0 Å². The second-order valence-corrected chi connectivity index (χ2v) is 16.5. The molecule has 2 fully saturated rings. The average molecular weight is 753 g/mol. The molecule has 0 nitrogen and oxygen atoms in total. The van der Waals surface area contributed by atoms with E-state index in [-0.39, 0.29) is 20.1 Å². The molecule has 0 N–H and O–H groups in total. The summed E-state index contributed by atoms with van der Waals surface area (Å²) in [4.78, 5) is -6.42. The number of halogens is 13. The van der Waals surface area contributed by atoms with Crippen LogP contribution in [0.25, 0.3) is 0 Å². The lowest BCUT2D eigenvalue weighted by atomic mass is 9.57. The summed E-state index contributed by atoms with van der Waals surface area (Å²) in [5, 5.41) is 0.233. The third-order valence-corrected chi connectivity index (χ3v) is 17.1. The van der Waals surface area contributed by atoms with Gasteiger partial charge in [-0.2, -0.15) is 0 Å². The van der Waals surface area contributed by atoms with Crippen LogP contribution in [0.3, 0.4) is 0 Å². The molecule has 13 heteroatoms. The molecule has 0 aromatic heterocycles. The topological polar surface area (TPSA) is 0 Å². The molecule has 6 rings (SSSR count). The highest BCUT2D eigenvalue weighted by Crippen LogP contribution is 2.88. The van der Waals surface area contributed by atoms with Gasteiger partial charge in [0.25, 0.3) is 0 Å². The van der Waals surface area contributed by atoms with E-state index in [1.807, 2.05) is 18.2 Å². The molecule has 178 valence electrons. The second-order valence-electron chi connectivity index (χ2n) is 9.03. The van der Waals surface area contributed by atoms with Gasteiger partial charge in [-0.25, -0.2) is 0 Å². The van der Waals surface area contributed by atoms with Crippen LogP contribution in [0.2, 0.25) is 0 Å². The maximum atomic E-state index is 7.28. The molecule has 33 heavy (non-hydrogen) atoms. The predicted molar refractivity (Wildman–Crippen MR) is 147 cm³/mol. The Bertz CT molecular complexity index is 1240. The summed E-state index contributed by atoms with van der Waals surface area (Å²) >= 11 is 87.1. The standard InChI is InChI=1S/C20H7BrCl12/c21-4-1-2-5-6(3-4)8-10(18(29)14(25)12(23)16(8,27)20(18,32)33)9-7(5)15(26)11(22)13(24)17(9,28)19(15,30)31/h1-3,7-10H/t7-,8-,9-,10-,15+,16-,17-,18+/m1/s1. The van der Waals surface area contributed by atoms with Crippen molar-refractivity contribution in [3.63, 3.8) is 0 Å². The zero-order valence-corrected chi connectivity index (χ0v) is 26.1. The van der Waals surface area contributed by atoms with E-state index in [4.69, 9.17) is 139 Å². The first-order valence-electron chi connectivity index (χ1n) is 9.43. The number of alkyl halides is 8. The van der Waals surface area contributed by atoms with Gasteiger partial charge in [0, 0.05) is 28.1 Å². The number of hydrogen-bond acceptors (Lipinski definition) is 0. The van der Waals surface area contributed by atoms with Crippen molar-refractivity contribution in [2.45, 2.75) is 40.0 Å². The summed E-state index contributed by atoms with van der Waals surface area (Å²) in [6, 6.07) is 5.64. The maximum Gasteiger partial charge on any atom is 0.167 e. The molecule has 0 radical (unpaired) electrons. The number of hydrogen-bond donors (Lipinski definition) is 0. The Morgan fingerprint density at radius 2 is 0.909 bits per heavy atom. The molecule has 4 bridgehead atoms. The van der Waals surface area contributed by atoms with E-state index in [9.17, 15) is 0 Å². The van der Waals surface area contributed by atoms with Crippen molar-refractivity contribution in [2.75, 3.05) is 0 Å². The number of benzene rings is 1. The highest BCUT2D eigenvalue weighted by molar-refractivity contribution is 9.10. The van der Waals surface area contributed by atoms with Crippen molar-refractivity contribution in [3.8, 4) is 0 Å². The Labute approximate surface area is 258 Å². The molecule has 1 aromatic carbocycles.